The number of aliphatic imine (C=N–C) groups is 1. The predicted molar refractivity (Wildman–Crippen MR) is 121 cm³/mol. The van der Waals surface area contributed by atoms with Gasteiger partial charge in [-0.2, -0.15) is 0 Å². The highest BCUT2D eigenvalue weighted by molar-refractivity contribution is 5.85. The maximum absolute atomic E-state index is 6.16. The van der Waals surface area contributed by atoms with E-state index in [2.05, 4.69) is 43.2 Å². The van der Waals surface area contributed by atoms with Gasteiger partial charge in [0.2, 0.25) is 0 Å². The maximum Gasteiger partial charge on any atom is 0.163 e. The van der Waals surface area contributed by atoms with Crippen molar-refractivity contribution in [3.05, 3.63) is 71.3 Å². The lowest BCUT2D eigenvalue weighted by molar-refractivity contribution is 0.184. The molecule has 2 heterocycles. The molecule has 0 radical (unpaired) electrons. The summed E-state index contributed by atoms with van der Waals surface area (Å²) in [7, 11) is 3.36. The molecule has 30 heavy (non-hydrogen) atoms. The zero-order valence-electron chi connectivity index (χ0n) is 17.9. The number of benzene rings is 2. The van der Waals surface area contributed by atoms with E-state index >= 15 is 0 Å². The summed E-state index contributed by atoms with van der Waals surface area (Å²) in [6.45, 7) is 12.4. The molecule has 1 atom stereocenters. The molecule has 2 aromatic carbocycles. The van der Waals surface area contributed by atoms with Crippen LogP contribution in [0.25, 0.3) is 5.70 Å². The number of methoxy groups -OCH3 is 2. The number of ether oxygens (including phenoxy) is 3. The van der Waals surface area contributed by atoms with E-state index in [1.54, 1.807) is 14.2 Å². The monoisotopic (exact) mass is 404 g/mol. The summed E-state index contributed by atoms with van der Waals surface area (Å²) in [5, 5.41) is 0. The van der Waals surface area contributed by atoms with Crippen LogP contribution in [0.2, 0.25) is 0 Å². The Morgan fingerprint density at radius 3 is 2.53 bits per heavy atom. The molecule has 0 spiro atoms. The Morgan fingerprint density at radius 2 is 1.80 bits per heavy atom. The highest BCUT2D eigenvalue weighted by Gasteiger charge is 2.30. The standard InChI is InChI=1S/C25H28N2O3/c1-16-6-19(14-28-4)9-20(7-16)15-30-25-11-23-22(10-24(25)29-5)18(3)27-13-17(2)8-21(27)12-26-23/h6-7,9-12,21H,2-3,8,13-15H2,1,4-5H3. The molecular formula is C25H28N2O3. The van der Waals surface area contributed by atoms with Gasteiger partial charge in [0.15, 0.2) is 11.5 Å². The van der Waals surface area contributed by atoms with Gasteiger partial charge in [-0.1, -0.05) is 42.5 Å². The lowest BCUT2D eigenvalue weighted by Crippen LogP contribution is -2.27. The van der Waals surface area contributed by atoms with Gasteiger partial charge in [0.05, 0.1) is 25.4 Å². The van der Waals surface area contributed by atoms with E-state index in [9.17, 15) is 0 Å². The second-order valence-corrected chi connectivity index (χ2v) is 7.94. The SMILES string of the molecule is C=C1CC2C=Nc3cc(OCc4cc(C)cc(COC)c4)c(OC)cc3C(=C)N2C1. The molecule has 0 bridgehead atoms. The molecular weight excluding hydrogens is 376 g/mol. The Kier molecular flexibility index (Phi) is 5.64. The van der Waals surface area contributed by atoms with E-state index in [-0.39, 0.29) is 6.04 Å². The Balaban J connectivity index is 1.61. The van der Waals surface area contributed by atoms with Gasteiger partial charge in [-0.05, 0) is 30.5 Å². The molecule has 0 saturated carbocycles. The second-order valence-electron chi connectivity index (χ2n) is 7.94. The number of hydrogen-bond acceptors (Lipinski definition) is 5. The van der Waals surface area contributed by atoms with Crippen molar-refractivity contribution in [1.82, 2.24) is 4.90 Å². The first-order valence-corrected chi connectivity index (χ1v) is 10.1. The lowest BCUT2D eigenvalue weighted by Gasteiger charge is -2.24. The minimum absolute atomic E-state index is 0.208. The first kappa shape index (κ1) is 20.2. The van der Waals surface area contributed by atoms with Crippen LogP contribution in [0.3, 0.4) is 0 Å². The lowest BCUT2D eigenvalue weighted by atomic mass is 10.1. The average molecular weight is 405 g/mol. The van der Waals surface area contributed by atoms with Crippen molar-refractivity contribution in [2.24, 2.45) is 4.99 Å². The molecule has 5 heteroatoms. The summed E-state index contributed by atoms with van der Waals surface area (Å²) in [6.07, 6.45) is 2.90. The van der Waals surface area contributed by atoms with Crippen molar-refractivity contribution < 1.29 is 14.2 Å². The van der Waals surface area contributed by atoms with Crippen LogP contribution >= 0.6 is 0 Å². The number of fused-ring (bicyclic) bond motifs is 2. The molecule has 5 nitrogen and oxygen atoms in total. The summed E-state index contributed by atoms with van der Waals surface area (Å²) >= 11 is 0. The molecule has 0 aromatic heterocycles. The van der Waals surface area contributed by atoms with Crippen LogP contribution in [0, 0.1) is 6.92 Å². The minimum atomic E-state index is 0.208. The Hall–Kier alpha value is -3.05. The largest absolute Gasteiger partial charge is 0.493 e. The van der Waals surface area contributed by atoms with Gasteiger partial charge in [0, 0.05) is 37.2 Å². The molecule has 0 amide bonds. The number of nitrogens with zero attached hydrogens (tertiary/aromatic N) is 2. The zero-order chi connectivity index (χ0) is 21.3. The van der Waals surface area contributed by atoms with Crippen molar-refractivity contribution in [2.45, 2.75) is 32.6 Å². The first-order valence-electron chi connectivity index (χ1n) is 10.1. The van der Waals surface area contributed by atoms with Crippen molar-refractivity contribution in [3.8, 4) is 11.5 Å². The molecule has 2 aliphatic heterocycles. The summed E-state index contributed by atoms with van der Waals surface area (Å²) in [5.74, 6) is 1.34. The van der Waals surface area contributed by atoms with E-state index < -0.39 is 0 Å². The van der Waals surface area contributed by atoms with Crippen LogP contribution < -0.4 is 9.47 Å². The van der Waals surface area contributed by atoms with E-state index in [1.165, 1.54) is 11.1 Å². The van der Waals surface area contributed by atoms with E-state index in [0.29, 0.717) is 24.7 Å². The molecule has 1 saturated heterocycles. The van der Waals surface area contributed by atoms with Crippen LogP contribution in [0.4, 0.5) is 5.69 Å². The van der Waals surface area contributed by atoms with Gasteiger partial charge in [-0.25, -0.2) is 0 Å². The maximum atomic E-state index is 6.16. The topological polar surface area (TPSA) is 43.3 Å². The van der Waals surface area contributed by atoms with E-state index in [0.717, 1.165) is 41.0 Å². The van der Waals surface area contributed by atoms with Crippen LogP contribution in [0.5, 0.6) is 11.5 Å². The first-order chi connectivity index (χ1) is 14.5. The highest BCUT2D eigenvalue weighted by atomic mass is 16.5. The van der Waals surface area contributed by atoms with Crippen molar-refractivity contribution in [3.63, 3.8) is 0 Å². The van der Waals surface area contributed by atoms with Gasteiger partial charge >= 0.3 is 0 Å². The van der Waals surface area contributed by atoms with Crippen molar-refractivity contribution in [2.75, 3.05) is 20.8 Å². The fourth-order valence-electron chi connectivity index (χ4n) is 4.18. The Bertz CT molecular complexity index is 1030. The van der Waals surface area contributed by atoms with Gasteiger partial charge in [-0.3, -0.25) is 4.99 Å². The number of hydrogen-bond donors (Lipinski definition) is 0. The summed E-state index contributed by atoms with van der Waals surface area (Å²) in [5.41, 5.74) is 7.36. The normalized spacial score (nSPS) is 17.6. The zero-order valence-corrected chi connectivity index (χ0v) is 17.9. The van der Waals surface area contributed by atoms with Gasteiger partial charge in [-0.15, -0.1) is 0 Å². The van der Waals surface area contributed by atoms with Crippen LogP contribution in [0.1, 0.15) is 28.7 Å². The Morgan fingerprint density at radius 1 is 1.03 bits per heavy atom. The summed E-state index contributed by atoms with van der Waals surface area (Å²) in [6, 6.07) is 10.5. The average Bonchev–Trinajstić information content (AvgIpc) is 3.05. The van der Waals surface area contributed by atoms with Gasteiger partial charge in [0.25, 0.3) is 0 Å². The Labute approximate surface area is 178 Å². The van der Waals surface area contributed by atoms with Crippen molar-refractivity contribution in [1.29, 1.82) is 0 Å². The molecule has 1 fully saturated rings. The third-order valence-electron chi connectivity index (χ3n) is 5.52. The third-order valence-corrected chi connectivity index (χ3v) is 5.52. The predicted octanol–water partition coefficient (Wildman–Crippen LogP) is 5.05. The quantitative estimate of drug-likeness (QED) is 0.632. The molecule has 1 unspecified atom stereocenters. The van der Waals surface area contributed by atoms with E-state index in [1.807, 2.05) is 18.3 Å². The minimum Gasteiger partial charge on any atom is -0.493 e. The molecule has 2 aromatic rings. The van der Waals surface area contributed by atoms with Gasteiger partial charge < -0.3 is 19.1 Å². The van der Waals surface area contributed by atoms with Crippen LogP contribution in [-0.4, -0.2) is 37.9 Å². The third kappa shape index (κ3) is 3.98. The molecule has 2 aliphatic rings. The fraction of sp³-hybridized carbons (Fsp3) is 0.320. The van der Waals surface area contributed by atoms with E-state index in [4.69, 9.17) is 19.2 Å². The molecule has 0 aliphatic carbocycles. The number of aryl methyl sites for hydroxylation is 1. The molecule has 0 N–H and O–H groups in total. The number of rotatable bonds is 6. The van der Waals surface area contributed by atoms with Gasteiger partial charge in [0.1, 0.15) is 6.61 Å². The van der Waals surface area contributed by atoms with Crippen LogP contribution in [0.15, 0.2) is 54.1 Å². The highest BCUT2D eigenvalue weighted by Crippen LogP contribution is 2.42. The summed E-state index contributed by atoms with van der Waals surface area (Å²) in [4.78, 5) is 6.99. The van der Waals surface area contributed by atoms with Crippen molar-refractivity contribution >= 4 is 17.6 Å². The smallest absolute Gasteiger partial charge is 0.163 e. The fourth-order valence-corrected chi connectivity index (χ4v) is 4.18. The summed E-state index contributed by atoms with van der Waals surface area (Å²) < 4.78 is 17.1. The molecule has 156 valence electrons. The van der Waals surface area contributed by atoms with Crippen LogP contribution in [-0.2, 0) is 18.0 Å². The molecule has 4 rings (SSSR count). The second kappa shape index (κ2) is 8.36.